The van der Waals surface area contributed by atoms with Crippen LogP contribution in [0, 0.1) is 0 Å². The lowest BCUT2D eigenvalue weighted by atomic mass is 10.1. The average Bonchev–Trinajstić information content (AvgIpc) is 3.20. The number of benzene rings is 1. The topological polar surface area (TPSA) is 83.9 Å². The summed E-state index contributed by atoms with van der Waals surface area (Å²) < 4.78 is 0. The molecule has 1 aliphatic rings. The van der Waals surface area contributed by atoms with Crippen LogP contribution in [0.3, 0.4) is 0 Å². The maximum absolute atomic E-state index is 12.6. The van der Waals surface area contributed by atoms with E-state index in [1.165, 1.54) is 0 Å². The van der Waals surface area contributed by atoms with Crippen LogP contribution in [0.25, 0.3) is 0 Å². The van der Waals surface area contributed by atoms with Crippen LogP contribution < -0.4 is 5.32 Å². The highest BCUT2D eigenvalue weighted by molar-refractivity contribution is 5.79. The minimum atomic E-state index is 0.163. The van der Waals surface area contributed by atoms with E-state index in [1.54, 1.807) is 24.8 Å². The van der Waals surface area contributed by atoms with Gasteiger partial charge in [0.25, 0.3) is 0 Å². The molecule has 0 saturated carbocycles. The number of nitrogens with zero attached hydrogens (tertiary/aromatic N) is 5. The Kier molecular flexibility index (Phi) is 5.00. The SMILES string of the molecule is O=C(Cc1ccccc1)N1CC[C@H](c2ccnc(Nc3cnccn3)n2)C1. The summed E-state index contributed by atoms with van der Waals surface area (Å²) >= 11 is 0. The Bertz CT molecular complexity index is 903. The summed E-state index contributed by atoms with van der Waals surface area (Å²) in [5.41, 5.74) is 1.98. The molecule has 1 atom stereocenters. The lowest BCUT2D eigenvalue weighted by Crippen LogP contribution is -2.29. The van der Waals surface area contributed by atoms with Gasteiger partial charge in [-0.2, -0.15) is 0 Å². The second-order valence-corrected chi connectivity index (χ2v) is 6.51. The molecule has 1 saturated heterocycles. The Morgan fingerprint density at radius 1 is 1.11 bits per heavy atom. The monoisotopic (exact) mass is 360 g/mol. The molecule has 136 valence electrons. The molecule has 1 amide bonds. The number of anilines is 2. The Morgan fingerprint density at radius 3 is 2.81 bits per heavy atom. The van der Waals surface area contributed by atoms with Gasteiger partial charge in [-0.05, 0) is 18.1 Å². The van der Waals surface area contributed by atoms with E-state index < -0.39 is 0 Å². The van der Waals surface area contributed by atoms with Crippen LogP contribution in [0.4, 0.5) is 11.8 Å². The molecule has 7 heteroatoms. The molecule has 27 heavy (non-hydrogen) atoms. The van der Waals surface area contributed by atoms with Gasteiger partial charge in [0, 0.05) is 37.6 Å². The van der Waals surface area contributed by atoms with E-state index in [9.17, 15) is 4.79 Å². The maximum atomic E-state index is 12.6. The highest BCUT2D eigenvalue weighted by atomic mass is 16.2. The van der Waals surface area contributed by atoms with Gasteiger partial charge in [0.1, 0.15) is 0 Å². The summed E-state index contributed by atoms with van der Waals surface area (Å²) in [6.45, 7) is 1.44. The van der Waals surface area contributed by atoms with Crippen LogP contribution in [0.5, 0.6) is 0 Å². The first-order chi connectivity index (χ1) is 13.3. The molecular weight excluding hydrogens is 340 g/mol. The van der Waals surface area contributed by atoms with Gasteiger partial charge in [-0.25, -0.2) is 15.0 Å². The number of aromatic nitrogens is 4. The van der Waals surface area contributed by atoms with Crippen molar-refractivity contribution < 1.29 is 4.79 Å². The lowest BCUT2D eigenvalue weighted by Gasteiger charge is -2.16. The number of nitrogens with one attached hydrogen (secondary N) is 1. The van der Waals surface area contributed by atoms with Crippen LogP contribution >= 0.6 is 0 Å². The molecule has 0 bridgehead atoms. The van der Waals surface area contributed by atoms with Crippen LogP contribution in [-0.2, 0) is 11.2 Å². The first kappa shape index (κ1) is 17.1. The number of hydrogen-bond acceptors (Lipinski definition) is 6. The Balaban J connectivity index is 1.40. The third-order valence-electron chi connectivity index (χ3n) is 4.64. The second-order valence-electron chi connectivity index (χ2n) is 6.51. The van der Waals surface area contributed by atoms with Crippen molar-refractivity contribution in [1.82, 2.24) is 24.8 Å². The molecule has 0 unspecified atom stereocenters. The highest BCUT2D eigenvalue weighted by Crippen LogP contribution is 2.27. The molecule has 1 fully saturated rings. The standard InChI is InChI=1S/C20H20N6O/c27-19(12-15-4-2-1-3-5-15)26-11-7-16(14-26)17-6-8-23-20(24-17)25-18-13-21-9-10-22-18/h1-6,8-10,13,16H,7,11-12,14H2,(H,22,23,24,25)/t16-/m0/s1. The van der Waals surface area contributed by atoms with E-state index in [1.807, 2.05) is 41.3 Å². The van der Waals surface area contributed by atoms with E-state index >= 15 is 0 Å². The zero-order chi connectivity index (χ0) is 18.5. The van der Waals surface area contributed by atoms with Crippen LogP contribution in [0.1, 0.15) is 23.6 Å². The highest BCUT2D eigenvalue weighted by Gasteiger charge is 2.28. The van der Waals surface area contributed by atoms with Gasteiger partial charge in [-0.3, -0.25) is 9.78 Å². The molecule has 1 aromatic carbocycles. The summed E-state index contributed by atoms with van der Waals surface area (Å²) in [5, 5.41) is 3.06. The number of hydrogen-bond donors (Lipinski definition) is 1. The first-order valence-corrected chi connectivity index (χ1v) is 8.95. The summed E-state index contributed by atoms with van der Waals surface area (Å²) in [7, 11) is 0. The van der Waals surface area contributed by atoms with E-state index in [-0.39, 0.29) is 11.8 Å². The number of carbonyl (C=O) groups excluding carboxylic acids is 1. The fourth-order valence-corrected chi connectivity index (χ4v) is 3.25. The van der Waals surface area contributed by atoms with Crippen LogP contribution in [0.15, 0.2) is 61.2 Å². The summed E-state index contributed by atoms with van der Waals surface area (Å²) in [5.74, 6) is 1.47. The molecule has 0 radical (unpaired) electrons. The van der Waals surface area contributed by atoms with Crippen molar-refractivity contribution in [3.8, 4) is 0 Å². The predicted molar refractivity (Wildman–Crippen MR) is 101 cm³/mol. The smallest absolute Gasteiger partial charge is 0.228 e. The number of carbonyl (C=O) groups is 1. The predicted octanol–water partition coefficient (Wildman–Crippen LogP) is 2.57. The van der Waals surface area contributed by atoms with Gasteiger partial charge in [-0.15, -0.1) is 0 Å². The molecule has 7 nitrogen and oxygen atoms in total. The zero-order valence-electron chi connectivity index (χ0n) is 14.8. The van der Waals surface area contributed by atoms with E-state index in [4.69, 9.17) is 0 Å². The van der Waals surface area contributed by atoms with Crippen molar-refractivity contribution in [2.24, 2.45) is 0 Å². The fraction of sp³-hybridized carbons (Fsp3) is 0.250. The molecule has 3 heterocycles. The molecule has 1 aliphatic heterocycles. The van der Waals surface area contributed by atoms with Crippen molar-refractivity contribution in [2.75, 3.05) is 18.4 Å². The summed E-state index contributed by atoms with van der Waals surface area (Å²) in [6.07, 6.45) is 7.92. The lowest BCUT2D eigenvalue weighted by molar-refractivity contribution is -0.129. The van der Waals surface area contributed by atoms with Gasteiger partial charge >= 0.3 is 0 Å². The average molecular weight is 360 g/mol. The molecule has 1 N–H and O–H groups in total. The quantitative estimate of drug-likeness (QED) is 0.753. The van der Waals surface area contributed by atoms with Gasteiger partial charge < -0.3 is 10.2 Å². The largest absolute Gasteiger partial charge is 0.342 e. The Labute approximate surface area is 157 Å². The van der Waals surface area contributed by atoms with E-state index in [0.29, 0.717) is 24.7 Å². The van der Waals surface area contributed by atoms with E-state index in [0.717, 1.165) is 24.2 Å². The second kappa shape index (κ2) is 7.90. The molecule has 0 aliphatic carbocycles. The van der Waals surface area contributed by atoms with Gasteiger partial charge in [0.15, 0.2) is 5.82 Å². The molecule has 0 spiro atoms. The van der Waals surface area contributed by atoms with Crippen LogP contribution in [0.2, 0.25) is 0 Å². The normalized spacial score (nSPS) is 16.3. The van der Waals surface area contributed by atoms with Crippen molar-refractivity contribution in [3.63, 3.8) is 0 Å². The molecule has 3 aromatic rings. The molecule has 4 rings (SSSR count). The third kappa shape index (κ3) is 4.25. The van der Waals surface area contributed by atoms with Crippen molar-refractivity contribution in [3.05, 3.63) is 72.4 Å². The molecule has 2 aromatic heterocycles. The van der Waals surface area contributed by atoms with Crippen molar-refractivity contribution in [2.45, 2.75) is 18.8 Å². The summed E-state index contributed by atoms with van der Waals surface area (Å²) in [4.78, 5) is 31.5. The number of likely N-dealkylation sites (tertiary alicyclic amines) is 1. The minimum Gasteiger partial charge on any atom is -0.342 e. The third-order valence-corrected chi connectivity index (χ3v) is 4.64. The number of amides is 1. The fourth-order valence-electron chi connectivity index (χ4n) is 3.25. The van der Waals surface area contributed by atoms with E-state index in [2.05, 4.69) is 25.3 Å². The number of rotatable bonds is 5. The van der Waals surface area contributed by atoms with Crippen LogP contribution in [-0.4, -0.2) is 43.8 Å². The minimum absolute atomic E-state index is 0.163. The van der Waals surface area contributed by atoms with Crippen molar-refractivity contribution in [1.29, 1.82) is 0 Å². The van der Waals surface area contributed by atoms with Gasteiger partial charge in [0.05, 0.1) is 18.3 Å². The molecular formula is C20H20N6O. The zero-order valence-corrected chi connectivity index (χ0v) is 14.8. The maximum Gasteiger partial charge on any atom is 0.228 e. The Hall–Kier alpha value is -3.35. The first-order valence-electron chi connectivity index (χ1n) is 8.95. The summed E-state index contributed by atoms with van der Waals surface area (Å²) in [6, 6.07) is 11.8. The van der Waals surface area contributed by atoms with Gasteiger partial charge in [0.2, 0.25) is 11.9 Å². The van der Waals surface area contributed by atoms with Gasteiger partial charge in [-0.1, -0.05) is 30.3 Å². The van der Waals surface area contributed by atoms with Crippen molar-refractivity contribution >= 4 is 17.7 Å². The Morgan fingerprint density at radius 2 is 2.00 bits per heavy atom.